The van der Waals surface area contributed by atoms with Crippen LogP contribution in [0.15, 0.2) is 59.5 Å². The van der Waals surface area contributed by atoms with Crippen LogP contribution in [0.2, 0.25) is 0 Å². The Bertz CT molecular complexity index is 1150. The van der Waals surface area contributed by atoms with E-state index in [1.54, 1.807) is 18.2 Å². The minimum atomic E-state index is -3.47. The molecular weight excluding hydrogens is 402 g/mol. The molecule has 0 radical (unpaired) electrons. The van der Waals surface area contributed by atoms with Crippen LogP contribution < -0.4 is 10.6 Å². The van der Waals surface area contributed by atoms with Gasteiger partial charge in [-0.3, -0.25) is 0 Å². The van der Waals surface area contributed by atoms with Crippen molar-refractivity contribution in [3.63, 3.8) is 0 Å². The van der Waals surface area contributed by atoms with Crippen molar-refractivity contribution in [2.75, 3.05) is 19.4 Å². The third-order valence-corrected chi connectivity index (χ3v) is 6.34. The van der Waals surface area contributed by atoms with Gasteiger partial charge in [-0.25, -0.2) is 22.2 Å². The summed E-state index contributed by atoms with van der Waals surface area (Å²) in [6, 6.07) is 15.5. The molecule has 2 N–H and O–H groups in total. The van der Waals surface area contributed by atoms with Crippen LogP contribution in [-0.2, 0) is 16.6 Å². The number of sulfonamides is 1. The predicted octanol–water partition coefficient (Wildman–Crippen LogP) is 3.06. The van der Waals surface area contributed by atoms with Crippen molar-refractivity contribution in [1.82, 2.24) is 19.4 Å². The lowest BCUT2D eigenvalue weighted by atomic mass is 10.2. The van der Waals surface area contributed by atoms with Crippen LogP contribution in [0.25, 0.3) is 5.69 Å². The van der Waals surface area contributed by atoms with Gasteiger partial charge >= 0.3 is 6.03 Å². The summed E-state index contributed by atoms with van der Waals surface area (Å²) in [5.74, 6) is 0. The van der Waals surface area contributed by atoms with Gasteiger partial charge in [0.05, 0.1) is 16.3 Å². The van der Waals surface area contributed by atoms with Crippen LogP contribution in [0.1, 0.15) is 17.0 Å². The summed E-state index contributed by atoms with van der Waals surface area (Å²) in [4.78, 5) is 12.5. The first-order valence-electron chi connectivity index (χ1n) is 9.37. The first kappa shape index (κ1) is 21.5. The maximum atomic E-state index is 12.3. The standard InChI is InChI=1S/C21H25N5O3S/c1-15-12-16(2)26(24-15)19-7-5-6-18(13-19)23-21(27)22-14-17-8-10-20(11-9-17)30(28,29)25(3)4/h5-13H,14H2,1-4H3,(H2,22,23,27). The Hall–Kier alpha value is -3.17. The summed E-state index contributed by atoms with van der Waals surface area (Å²) in [6.45, 7) is 4.18. The number of carbonyl (C=O) groups is 1. The molecule has 2 aromatic carbocycles. The summed E-state index contributed by atoms with van der Waals surface area (Å²) in [5, 5.41) is 10.0. The Labute approximate surface area is 176 Å². The van der Waals surface area contributed by atoms with Gasteiger partial charge in [0.1, 0.15) is 0 Å². The molecule has 30 heavy (non-hydrogen) atoms. The second-order valence-electron chi connectivity index (χ2n) is 7.13. The highest BCUT2D eigenvalue weighted by molar-refractivity contribution is 7.89. The second kappa shape index (κ2) is 8.68. The Morgan fingerprint density at radius 1 is 1.07 bits per heavy atom. The van der Waals surface area contributed by atoms with Crippen molar-refractivity contribution in [2.24, 2.45) is 0 Å². The van der Waals surface area contributed by atoms with Crippen molar-refractivity contribution >= 4 is 21.7 Å². The second-order valence-corrected chi connectivity index (χ2v) is 9.28. The molecule has 0 aliphatic heterocycles. The zero-order valence-electron chi connectivity index (χ0n) is 17.4. The molecule has 0 bridgehead atoms. The van der Waals surface area contributed by atoms with Crippen molar-refractivity contribution in [1.29, 1.82) is 0 Å². The number of nitrogens with one attached hydrogen (secondary N) is 2. The van der Waals surface area contributed by atoms with Crippen LogP contribution >= 0.6 is 0 Å². The number of urea groups is 1. The normalized spacial score (nSPS) is 11.5. The minimum Gasteiger partial charge on any atom is -0.334 e. The lowest BCUT2D eigenvalue weighted by Crippen LogP contribution is -2.28. The number of rotatable bonds is 6. The molecule has 0 aliphatic carbocycles. The molecule has 0 saturated carbocycles. The molecule has 0 unspecified atom stereocenters. The number of benzene rings is 2. The molecule has 0 saturated heterocycles. The van der Waals surface area contributed by atoms with E-state index in [-0.39, 0.29) is 17.5 Å². The van der Waals surface area contributed by atoms with Crippen LogP contribution in [0, 0.1) is 13.8 Å². The van der Waals surface area contributed by atoms with Gasteiger partial charge in [0.2, 0.25) is 10.0 Å². The Kier molecular flexibility index (Phi) is 6.23. The van der Waals surface area contributed by atoms with Crippen LogP contribution in [-0.4, -0.2) is 42.6 Å². The van der Waals surface area contributed by atoms with E-state index in [1.165, 1.54) is 26.2 Å². The van der Waals surface area contributed by atoms with Crippen molar-refractivity contribution in [3.05, 3.63) is 71.5 Å². The molecule has 1 aromatic heterocycles. The van der Waals surface area contributed by atoms with Crippen molar-refractivity contribution in [3.8, 4) is 5.69 Å². The Morgan fingerprint density at radius 2 is 1.77 bits per heavy atom. The molecule has 158 valence electrons. The molecule has 0 aliphatic rings. The van der Waals surface area contributed by atoms with Gasteiger partial charge in [-0.2, -0.15) is 5.10 Å². The highest BCUT2D eigenvalue weighted by Gasteiger charge is 2.16. The molecule has 0 spiro atoms. The molecule has 9 heteroatoms. The van der Waals surface area contributed by atoms with E-state index in [0.717, 1.165) is 26.9 Å². The highest BCUT2D eigenvalue weighted by Crippen LogP contribution is 2.17. The average molecular weight is 428 g/mol. The fraction of sp³-hybridized carbons (Fsp3) is 0.238. The fourth-order valence-electron chi connectivity index (χ4n) is 2.95. The van der Waals surface area contributed by atoms with Gasteiger partial charge in [0.25, 0.3) is 0 Å². The summed E-state index contributed by atoms with van der Waals surface area (Å²) in [6.07, 6.45) is 0. The monoisotopic (exact) mass is 427 g/mol. The molecule has 2 amide bonds. The topological polar surface area (TPSA) is 96.3 Å². The lowest BCUT2D eigenvalue weighted by molar-refractivity contribution is 0.251. The number of amides is 2. The molecule has 8 nitrogen and oxygen atoms in total. The van der Waals surface area contributed by atoms with Crippen LogP contribution in [0.3, 0.4) is 0 Å². The third-order valence-electron chi connectivity index (χ3n) is 4.51. The summed E-state index contributed by atoms with van der Waals surface area (Å²) in [7, 11) is -0.498. The Balaban J connectivity index is 1.61. The van der Waals surface area contributed by atoms with E-state index >= 15 is 0 Å². The summed E-state index contributed by atoms with van der Waals surface area (Å²) >= 11 is 0. The van der Waals surface area contributed by atoms with Gasteiger partial charge in [-0.05, 0) is 55.8 Å². The lowest BCUT2D eigenvalue weighted by Gasteiger charge is -2.12. The number of carbonyl (C=O) groups excluding carboxylic acids is 1. The highest BCUT2D eigenvalue weighted by atomic mass is 32.2. The van der Waals surface area contributed by atoms with E-state index in [1.807, 2.05) is 42.8 Å². The minimum absolute atomic E-state index is 0.210. The van der Waals surface area contributed by atoms with Gasteiger partial charge in [0, 0.05) is 32.0 Å². The molecule has 0 fully saturated rings. The number of hydrogen-bond acceptors (Lipinski definition) is 4. The van der Waals surface area contributed by atoms with Crippen LogP contribution in [0.4, 0.5) is 10.5 Å². The van der Waals surface area contributed by atoms with E-state index in [4.69, 9.17) is 0 Å². The van der Waals surface area contributed by atoms with Gasteiger partial charge in [0.15, 0.2) is 0 Å². The van der Waals surface area contributed by atoms with E-state index in [2.05, 4.69) is 15.7 Å². The zero-order chi connectivity index (χ0) is 21.9. The molecule has 0 atom stereocenters. The van der Waals surface area contributed by atoms with E-state index < -0.39 is 10.0 Å². The third kappa shape index (κ3) is 4.87. The van der Waals surface area contributed by atoms with Crippen molar-refractivity contribution in [2.45, 2.75) is 25.3 Å². The van der Waals surface area contributed by atoms with Gasteiger partial charge in [-0.15, -0.1) is 0 Å². The summed E-state index contributed by atoms with van der Waals surface area (Å²) < 4.78 is 27.2. The molecular formula is C21H25N5O3S. The molecule has 3 rings (SSSR count). The average Bonchev–Trinajstić information content (AvgIpc) is 3.05. The first-order chi connectivity index (χ1) is 14.2. The maximum absolute atomic E-state index is 12.3. The van der Waals surface area contributed by atoms with Gasteiger partial charge < -0.3 is 10.6 Å². The summed E-state index contributed by atoms with van der Waals surface area (Å²) in [5.41, 5.74) is 4.22. The SMILES string of the molecule is Cc1cc(C)n(-c2cccc(NC(=O)NCc3ccc(S(=O)(=O)N(C)C)cc3)c2)n1. The number of aryl methyl sites for hydroxylation is 2. The predicted molar refractivity (Wildman–Crippen MR) is 116 cm³/mol. The maximum Gasteiger partial charge on any atom is 0.319 e. The Morgan fingerprint density at radius 3 is 2.37 bits per heavy atom. The van der Waals surface area contributed by atoms with E-state index in [0.29, 0.717) is 5.69 Å². The van der Waals surface area contributed by atoms with Crippen LogP contribution in [0.5, 0.6) is 0 Å². The first-order valence-corrected chi connectivity index (χ1v) is 10.8. The van der Waals surface area contributed by atoms with Gasteiger partial charge in [-0.1, -0.05) is 18.2 Å². The number of anilines is 1. The quantitative estimate of drug-likeness (QED) is 0.632. The molecule has 3 aromatic rings. The number of aromatic nitrogens is 2. The largest absolute Gasteiger partial charge is 0.334 e. The molecule has 1 heterocycles. The number of nitrogens with zero attached hydrogens (tertiary/aromatic N) is 3. The zero-order valence-corrected chi connectivity index (χ0v) is 18.2. The van der Waals surface area contributed by atoms with E-state index in [9.17, 15) is 13.2 Å². The smallest absolute Gasteiger partial charge is 0.319 e. The van der Waals surface area contributed by atoms with Crippen molar-refractivity contribution < 1.29 is 13.2 Å². The fourth-order valence-corrected chi connectivity index (χ4v) is 3.86. The number of hydrogen-bond donors (Lipinski definition) is 2.